The van der Waals surface area contributed by atoms with E-state index in [2.05, 4.69) is 10.1 Å². The maximum Gasteiger partial charge on any atom is 0.340 e. The van der Waals surface area contributed by atoms with Crippen molar-refractivity contribution in [3.05, 3.63) is 29.6 Å². The Morgan fingerprint density at radius 1 is 1.57 bits per heavy atom. The molecule has 0 radical (unpaired) electrons. The Bertz CT molecular complexity index is 339. The van der Waals surface area contributed by atoms with Crippen LogP contribution in [0.25, 0.3) is 0 Å². The predicted octanol–water partition coefficient (Wildman–Crippen LogP) is 2.04. The van der Waals surface area contributed by atoms with Crippen LogP contribution in [-0.4, -0.2) is 19.6 Å². The van der Waals surface area contributed by atoms with Gasteiger partial charge in [0.2, 0.25) is 0 Å². The number of rotatable bonds is 3. The van der Waals surface area contributed by atoms with Gasteiger partial charge in [0.25, 0.3) is 0 Å². The number of benzene rings is 1. The third-order valence-electron chi connectivity index (χ3n) is 1.76. The molecule has 0 heterocycles. The second-order valence-electron chi connectivity index (χ2n) is 2.72. The Kier molecular flexibility index (Phi) is 3.45. The molecule has 1 aromatic carbocycles. The minimum atomic E-state index is -0.662. The Labute approximate surface area is 81.9 Å². The second-order valence-corrected chi connectivity index (χ2v) is 2.72. The molecular weight excluding hydrogens is 185 g/mol. The van der Waals surface area contributed by atoms with Crippen molar-refractivity contribution in [2.24, 2.45) is 0 Å². The van der Waals surface area contributed by atoms with Crippen LogP contribution in [-0.2, 0) is 4.74 Å². The third kappa shape index (κ3) is 2.22. The zero-order valence-electron chi connectivity index (χ0n) is 8.13. The standard InChI is InChI=1S/C10H12FNO2/c1-3-12-7-4-5-8(9(11)6-7)10(13)14-2/h4-6,12H,3H2,1-2H3. The lowest BCUT2D eigenvalue weighted by Crippen LogP contribution is -2.05. The van der Waals surface area contributed by atoms with Crippen LogP contribution >= 0.6 is 0 Å². The number of ether oxygens (including phenoxy) is 1. The number of esters is 1. The van der Waals surface area contributed by atoms with Crippen LogP contribution in [0.2, 0.25) is 0 Å². The first-order chi connectivity index (χ1) is 6.69. The fraction of sp³-hybridized carbons (Fsp3) is 0.300. The molecule has 4 heteroatoms. The number of hydrogen-bond acceptors (Lipinski definition) is 3. The molecule has 0 spiro atoms. The lowest BCUT2D eigenvalue weighted by molar-refractivity contribution is 0.0595. The first-order valence-corrected chi connectivity index (χ1v) is 4.30. The van der Waals surface area contributed by atoms with E-state index in [0.29, 0.717) is 12.2 Å². The van der Waals surface area contributed by atoms with Crippen LogP contribution in [0, 0.1) is 5.82 Å². The molecular formula is C10H12FNO2. The van der Waals surface area contributed by atoms with E-state index in [1.807, 2.05) is 6.92 Å². The van der Waals surface area contributed by atoms with Gasteiger partial charge >= 0.3 is 5.97 Å². The van der Waals surface area contributed by atoms with E-state index in [1.165, 1.54) is 19.2 Å². The van der Waals surface area contributed by atoms with Gasteiger partial charge in [0.05, 0.1) is 12.7 Å². The molecule has 0 amide bonds. The summed E-state index contributed by atoms with van der Waals surface area (Å²) < 4.78 is 17.7. The quantitative estimate of drug-likeness (QED) is 0.753. The molecule has 0 saturated heterocycles. The second kappa shape index (κ2) is 4.60. The SMILES string of the molecule is CCNc1ccc(C(=O)OC)c(F)c1. The molecule has 0 aliphatic rings. The number of carbonyl (C=O) groups excluding carboxylic acids is 1. The van der Waals surface area contributed by atoms with Crippen molar-refractivity contribution in [1.82, 2.24) is 0 Å². The number of carbonyl (C=O) groups is 1. The number of halogens is 1. The third-order valence-corrected chi connectivity index (χ3v) is 1.76. The molecule has 1 N–H and O–H groups in total. The molecule has 14 heavy (non-hydrogen) atoms. The lowest BCUT2D eigenvalue weighted by Gasteiger charge is -2.05. The smallest absolute Gasteiger partial charge is 0.340 e. The first kappa shape index (κ1) is 10.5. The average Bonchev–Trinajstić information content (AvgIpc) is 2.17. The Morgan fingerprint density at radius 2 is 2.29 bits per heavy atom. The fourth-order valence-corrected chi connectivity index (χ4v) is 1.10. The van der Waals surface area contributed by atoms with E-state index in [4.69, 9.17) is 0 Å². The maximum absolute atomic E-state index is 13.3. The van der Waals surface area contributed by atoms with Gasteiger partial charge in [-0.25, -0.2) is 9.18 Å². The molecule has 1 rings (SSSR count). The average molecular weight is 197 g/mol. The van der Waals surface area contributed by atoms with E-state index in [-0.39, 0.29) is 5.56 Å². The highest BCUT2D eigenvalue weighted by Crippen LogP contribution is 2.14. The molecule has 0 fully saturated rings. The monoisotopic (exact) mass is 197 g/mol. The summed E-state index contributed by atoms with van der Waals surface area (Å²) >= 11 is 0. The first-order valence-electron chi connectivity index (χ1n) is 4.30. The van der Waals surface area contributed by atoms with Gasteiger partial charge in [-0.2, -0.15) is 0 Å². The lowest BCUT2D eigenvalue weighted by atomic mass is 10.2. The van der Waals surface area contributed by atoms with E-state index in [9.17, 15) is 9.18 Å². The zero-order chi connectivity index (χ0) is 10.6. The van der Waals surface area contributed by atoms with Crippen LogP contribution in [0.1, 0.15) is 17.3 Å². The number of nitrogens with one attached hydrogen (secondary N) is 1. The molecule has 0 aromatic heterocycles. The zero-order valence-corrected chi connectivity index (χ0v) is 8.13. The van der Waals surface area contributed by atoms with Gasteiger partial charge in [0, 0.05) is 12.2 Å². The summed E-state index contributed by atoms with van der Waals surface area (Å²) in [6.45, 7) is 2.61. The maximum atomic E-state index is 13.3. The molecule has 0 saturated carbocycles. The van der Waals surface area contributed by atoms with Gasteiger partial charge in [-0.15, -0.1) is 0 Å². The van der Waals surface area contributed by atoms with Crippen molar-refractivity contribution in [2.45, 2.75) is 6.92 Å². The van der Waals surface area contributed by atoms with Crippen LogP contribution in [0.4, 0.5) is 10.1 Å². The van der Waals surface area contributed by atoms with Gasteiger partial charge in [0.15, 0.2) is 0 Å². The fourth-order valence-electron chi connectivity index (χ4n) is 1.10. The van der Waals surface area contributed by atoms with Gasteiger partial charge in [-0.1, -0.05) is 0 Å². The topological polar surface area (TPSA) is 38.3 Å². The summed E-state index contributed by atoms with van der Waals surface area (Å²) in [7, 11) is 1.22. The molecule has 0 aliphatic heterocycles. The largest absolute Gasteiger partial charge is 0.465 e. The van der Waals surface area contributed by atoms with Crippen LogP contribution < -0.4 is 5.32 Å². The van der Waals surface area contributed by atoms with Gasteiger partial charge < -0.3 is 10.1 Å². The molecule has 0 bridgehead atoms. The Morgan fingerprint density at radius 3 is 2.79 bits per heavy atom. The number of hydrogen-bond donors (Lipinski definition) is 1. The van der Waals surface area contributed by atoms with E-state index in [1.54, 1.807) is 6.07 Å². The molecule has 0 unspecified atom stereocenters. The molecule has 3 nitrogen and oxygen atoms in total. The highest BCUT2D eigenvalue weighted by atomic mass is 19.1. The van der Waals surface area contributed by atoms with E-state index < -0.39 is 11.8 Å². The summed E-state index contributed by atoms with van der Waals surface area (Å²) in [5.41, 5.74) is 0.604. The normalized spacial score (nSPS) is 9.64. The molecule has 76 valence electrons. The minimum absolute atomic E-state index is 0.0471. The number of methoxy groups -OCH3 is 1. The van der Waals surface area contributed by atoms with Crippen LogP contribution in [0.5, 0.6) is 0 Å². The highest BCUT2D eigenvalue weighted by molar-refractivity contribution is 5.90. The van der Waals surface area contributed by atoms with Crippen molar-refractivity contribution in [1.29, 1.82) is 0 Å². The van der Waals surface area contributed by atoms with Crippen molar-refractivity contribution in [3.63, 3.8) is 0 Å². The Hall–Kier alpha value is -1.58. The molecule has 1 aromatic rings. The summed E-state index contributed by atoms with van der Waals surface area (Å²) in [6.07, 6.45) is 0. The summed E-state index contributed by atoms with van der Waals surface area (Å²) in [5, 5.41) is 2.94. The van der Waals surface area contributed by atoms with E-state index in [0.717, 1.165) is 0 Å². The highest BCUT2D eigenvalue weighted by Gasteiger charge is 2.11. The van der Waals surface area contributed by atoms with Gasteiger partial charge in [0.1, 0.15) is 5.82 Å². The van der Waals surface area contributed by atoms with E-state index >= 15 is 0 Å². The van der Waals surface area contributed by atoms with Crippen molar-refractivity contribution < 1.29 is 13.9 Å². The Balaban J connectivity index is 2.95. The molecule has 0 aliphatic carbocycles. The van der Waals surface area contributed by atoms with Crippen molar-refractivity contribution >= 4 is 11.7 Å². The van der Waals surface area contributed by atoms with Gasteiger partial charge in [-0.05, 0) is 25.1 Å². The van der Waals surface area contributed by atoms with Crippen molar-refractivity contribution in [2.75, 3.05) is 19.0 Å². The van der Waals surface area contributed by atoms with Crippen LogP contribution in [0.3, 0.4) is 0 Å². The van der Waals surface area contributed by atoms with Crippen molar-refractivity contribution in [3.8, 4) is 0 Å². The summed E-state index contributed by atoms with van der Waals surface area (Å²) in [5.74, 6) is -1.24. The number of anilines is 1. The predicted molar refractivity (Wildman–Crippen MR) is 51.9 cm³/mol. The molecule has 0 atom stereocenters. The minimum Gasteiger partial charge on any atom is -0.465 e. The summed E-state index contributed by atoms with van der Waals surface area (Å²) in [6, 6.07) is 4.31. The van der Waals surface area contributed by atoms with Gasteiger partial charge in [-0.3, -0.25) is 0 Å². The van der Waals surface area contributed by atoms with Crippen LogP contribution in [0.15, 0.2) is 18.2 Å². The summed E-state index contributed by atoms with van der Waals surface area (Å²) in [4.78, 5) is 11.0.